The van der Waals surface area contributed by atoms with Crippen molar-refractivity contribution in [1.29, 1.82) is 0 Å². The molecule has 2 unspecified atom stereocenters. The van der Waals surface area contributed by atoms with Crippen LogP contribution in [0.15, 0.2) is 35.7 Å². The maximum Gasteiger partial charge on any atom is 0.102 e. The van der Waals surface area contributed by atoms with Gasteiger partial charge in [-0.25, -0.2) is 0 Å². The summed E-state index contributed by atoms with van der Waals surface area (Å²) in [6.45, 7) is 0. The number of hydrogen-bond acceptors (Lipinski definition) is 2. The smallest absolute Gasteiger partial charge is 0.102 e. The van der Waals surface area contributed by atoms with E-state index in [-0.39, 0.29) is 5.37 Å². The van der Waals surface area contributed by atoms with E-state index in [1.165, 1.54) is 0 Å². The highest BCUT2D eigenvalue weighted by Gasteiger charge is 2.16. The average molecular weight is 192 g/mol. The van der Waals surface area contributed by atoms with E-state index in [2.05, 4.69) is 6.20 Å². The summed E-state index contributed by atoms with van der Waals surface area (Å²) >= 11 is 0. The van der Waals surface area contributed by atoms with Gasteiger partial charge in [-0.15, -0.1) is 0 Å². The van der Waals surface area contributed by atoms with Crippen LogP contribution in [0.4, 0.5) is 0 Å². The average Bonchev–Trinajstić information content (AvgIpc) is 2.48. The molecule has 2 rings (SSSR count). The molecule has 0 bridgehead atoms. The Morgan fingerprint density at radius 2 is 2.08 bits per heavy atom. The SMILES string of the molecule is CN1[C-]=CS(=O)C1c1ccccc1. The van der Waals surface area contributed by atoms with Crippen LogP contribution in [-0.2, 0) is 10.8 Å². The van der Waals surface area contributed by atoms with Crippen molar-refractivity contribution in [2.24, 2.45) is 0 Å². The Hall–Kier alpha value is -1.09. The molecule has 3 heteroatoms. The second kappa shape index (κ2) is 3.34. The molecule has 0 aromatic heterocycles. The summed E-state index contributed by atoms with van der Waals surface area (Å²) in [6.07, 6.45) is 2.93. The largest absolute Gasteiger partial charge is 0.540 e. The van der Waals surface area contributed by atoms with E-state index in [9.17, 15) is 4.21 Å². The molecule has 0 fully saturated rings. The second-order valence-corrected chi connectivity index (χ2v) is 4.29. The van der Waals surface area contributed by atoms with Crippen LogP contribution in [0, 0.1) is 6.20 Å². The highest BCUT2D eigenvalue weighted by atomic mass is 32.2. The molecule has 0 saturated heterocycles. The maximum absolute atomic E-state index is 11.5. The Morgan fingerprint density at radius 1 is 1.38 bits per heavy atom. The van der Waals surface area contributed by atoms with Gasteiger partial charge in [-0.2, -0.15) is 5.41 Å². The van der Waals surface area contributed by atoms with Crippen LogP contribution in [0.1, 0.15) is 10.9 Å². The topological polar surface area (TPSA) is 20.3 Å². The first-order chi connectivity index (χ1) is 6.29. The van der Waals surface area contributed by atoms with Gasteiger partial charge in [-0.05, 0) is 12.6 Å². The molecule has 2 nitrogen and oxygen atoms in total. The standard InChI is InChI=1S/C10H10NOS/c1-11-7-8-13(12)10(11)9-5-3-2-4-6-9/h2-6,8,10H,1H3/q-1. The van der Waals surface area contributed by atoms with Crippen molar-refractivity contribution in [3.8, 4) is 0 Å². The lowest BCUT2D eigenvalue weighted by Gasteiger charge is -2.29. The molecule has 1 aliphatic heterocycles. The van der Waals surface area contributed by atoms with E-state index in [4.69, 9.17) is 0 Å². The van der Waals surface area contributed by atoms with Crippen molar-refractivity contribution in [2.75, 3.05) is 7.05 Å². The molecule has 1 aromatic rings. The van der Waals surface area contributed by atoms with Gasteiger partial charge in [-0.1, -0.05) is 30.3 Å². The summed E-state index contributed by atoms with van der Waals surface area (Å²) in [5.74, 6) is 0. The fourth-order valence-corrected chi connectivity index (χ4v) is 2.60. The monoisotopic (exact) mass is 192 g/mol. The van der Waals surface area contributed by atoms with Crippen molar-refractivity contribution in [2.45, 2.75) is 5.37 Å². The Kier molecular flexibility index (Phi) is 2.19. The fraction of sp³-hybridized carbons (Fsp3) is 0.200. The van der Waals surface area contributed by atoms with Gasteiger partial charge in [0.15, 0.2) is 0 Å². The number of benzene rings is 1. The molecule has 0 amide bonds. The second-order valence-electron chi connectivity index (χ2n) is 2.95. The van der Waals surface area contributed by atoms with Crippen molar-refractivity contribution in [3.05, 3.63) is 47.5 Å². The first-order valence-electron chi connectivity index (χ1n) is 4.06. The molecule has 1 aromatic carbocycles. The molecule has 0 saturated carbocycles. The van der Waals surface area contributed by atoms with E-state index < -0.39 is 10.8 Å². The van der Waals surface area contributed by atoms with Gasteiger partial charge in [0, 0.05) is 10.8 Å². The Bertz CT molecular complexity index is 347. The molecule has 0 spiro atoms. The van der Waals surface area contributed by atoms with E-state index in [1.807, 2.05) is 42.3 Å². The molecular formula is C10H10NOS-. The maximum atomic E-state index is 11.5. The van der Waals surface area contributed by atoms with Gasteiger partial charge >= 0.3 is 0 Å². The Balaban J connectivity index is 2.33. The normalized spacial score (nSPS) is 26.7. The van der Waals surface area contributed by atoms with Crippen molar-refractivity contribution in [3.63, 3.8) is 0 Å². The van der Waals surface area contributed by atoms with Gasteiger partial charge in [0.25, 0.3) is 0 Å². The zero-order chi connectivity index (χ0) is 9.26. The quantitative estimate of drug-likeness (QED) is 0.631. The first kappa shape index (κ1) is 8.51. The molecule has 0 radical (unpaired) electrons. The third-order valence-electron chi connectivity index (χ3n) is 2.03. The summed E-state index contributed by atoms with van der Waals surface area (Å²) in [7, 11) is 0.936. The zero-order valence-electron chi connectivity index (χ0n) is 7.31. The van der Waals surface area contributed by atoms with Crippen LogP contribution in [-0.4, -0.2) is 16.2 Å². The minimum Gasteiger partial charge on any atom is -0.540 e. The summed E-state index contributed by atoms with van der Waals surface area (Å²) in [4.78, 5) is 1.85. The predicted octanol–water partition coefficient (Wildman–Crippen LogP) is 1.65. The van der Waals surface area contributed by atoms with E-state index in [1.54, 1.807) is 5.41 Å². The van der Waals surface area contributed by atoms with E-state index in [0.717, 1.165) is 5.56 Å². The number of rotatable bonds is 1. The molecule has 0 aliphatic carbocycles. The fourth-order valence-electron chi connectivity index (χ4n) is 1.40. The first-order valence-corrected chi connectivity index (χ1v) is 5.33. The third-order valence-corrected chi connectivity index (χ3v) is 3.40. The Morgan fingerprint density at radius 3 is 2.62 bits per heavy atom. The van der Waals surface area contributed by atoms with Crippen molar-refractivity contribution in [1.82, 2.24) is 4.90 Å². The Labute approximate surface area is 80.3 Å². The number of nitrogens with zero attached hydrogens (tertiary/aromatic N) is 1. The van der Waals surface area contributed by atoms with Crippen LogP contribution in [0.5, 0.6) is 0 Å². The zero-order valence-corrected chi connectivity index (χ0v) is 8.12. The van der Waals surface area contributed by atoms with Crippen molar-refractivity contribution >= 4 is 10.8 Å². The van der Waals surface area contributed by atoms with Crippen LogP contribution in [0.3, 0.4) is 0 Å². The third kappa shape index (κ3) is 1.52. The molecule has 2 atom stereocenters. The van der Waals surface area contributed by atoms with Crippen LogP contribution in [0.2, 0.25) is 0 Å². The van der Waals surface area contributed by atoms with E-state index in [0.29, 0.717) is 0 Å². The van der Waals surface area contributed by atoms with Crippen LogP contribution >= 0.6 is 0 Å². The summed E-state index contributed by atoms with van der Waals surface area (Å²) in [6, 6.07) is 9.84. The van der Waals surface area contributed by atoms with Gasteiger partial charge in [0.05, 0.1) is 0 Å². The lowest BCUT2D eigenvalue weighted by atomic mass is 10.2. The van der Waals surface area contributed by atoms with Crippen LogP contribution in [0.25, 0.3) is 0 Å². The minimum absolute atomic E-state index is 0.0544. The van der Waals surface area contributed by atoms with Gasteiger partial charge in [0.1, 0.15) is 5.37 Å². The van der Waals surface area contributed by atoms with Gasteiger partial charge in [-0.3, -0.25) is 4.21 Å². The molecular weight excluding hydrogens is 182 g/mol. The lowest BCUT2D eigenvalue weighted by molar-refractivity contribution is 0.422. The predicted molar refractivity (Wildman–Crippen MR) is 52.9 cm³/mol. The number of hydrogen-bond donors (Lipinski definition) is 0. The summed E-state index contributed by atoms with van der Waals surface area (Å²) in [5, 5.41) is 1.55. The molecule has 0 N–H and O–H groups in total. The molecule has 68 valence electrons. The highest BCUT2D eigenvalue weighted by Crippen LogP contribution is 2.27. The van der Waals surface area contributed by atoms with Crippen LogP contribution < -0.4 is 0 Å². The van der Waals surface area contributed by atoms with Gasteiger partial charge in [0.2, 0.25) is 0 Å². The highest BCUT2D eigenvalue weighted by molar-refractivity contribution is 7.88. The summed E-state index contributed by atoms with van der Waals surface area (Å²) < 4.78 is 11.5. The molecule has 1 aliphatic rings. The molecule has 13 heavy (non-hydrogen) atoms. The summed E-state index contributed by atoms with van der Waals surface area (Å²) in [5.41, 5.74) is 1.07. The lowest BCUT2D eigenvalue weighted by Crippen LogP contribution is -2.17. The molecule has 1 heterocycles. The van der Waals surface area contributed by atoms with E-state index >= 15 is 0 Å². The minimum atomic E-state index is -0.952. The van der Waals surface area contributed by atoms with Crippen molar-refractivity contribution < 1.29 is 4.21 Å². The van der Waals surface area contributed by atoms with Gasteiger partial charge < -0.3 is 11.1 Å².